The van der Waals surface area contributed by atoms with Gasteiger partial charge in [-0.25, -0.2) is 4.98 Å². The molecule has 102 valence electrons. The van der Waals surface area contributed by atoms with Crippen molar-refractivity contribution in [3.63, 3.8) is 0 Å². The molecule has 2 aromatic rings. The van der Waals surface area contributed by atoms with Crippen LogP contribution in [0.5, 0.6) is 0 Å². The van der Waals surface area contributed by atoms with Gasteiger partial charge < -0.3 is 9.88 Å². The molecule has 1 heterocycles. The third kappa shape index (κ3) is 3.58. The van der Waals surface area contributed by atoms with E-state index in [1.807, 2.05) is 30.7 Å². The first-order valence-electron chi connectivity index (χ1n) is 6.69. The highest BCUT2D eigenvalue weighted by molar-refractivity contribution is 6.31. The van der Waals surface area contributed by atoms with E-state index in [4.69, 9.17) is 11.6 Å². The van der Waals surface area contributed by atoms with Gasteiger partial charge in [0.25, 0.3) is 0 Å². The first-order chi connectivity index (χ1) is 9.22. The summed E-state index contributed by atoms with van der Waals surface area (Å²) in [6.45, 7) is 6.11. The molecule has 0 fully saturated rings. The van der Waals surface area contributed by atoms with E-state index in [9.17, 15) is 0 Å². The van der Waals surface area contributed by atoms with Gasteiger partial charge in [0.1, 0.15) is 0 Å². The molecule has 2 rings (SSSR count). The van der Waals surface area contributed by atoms with Crippen molar-refractivity contribution in [3.05, 3.63) is 53.1 Å². The molecule has 1 N–H and O–H groups in total. The molecule has 0 saturated carbocycles. The maximum absolute atomic E-state index is 6.20. The summed E-state index contributed by atoms with van der Waals surface area (Å²) in [7, 11) is 0. The Morgan fingerprint density at radius 1 is 1.37 bits per heavy atom. The Morgan fingerprint density at radius 3 is 2.89 bits per heavy atom. The van der Waals surface area contributed by atoms with Gasteiger partial charge in [-0.2, -0.15) is 0 Å². The average Bonchev–Trinajstić information content (AvgIpc) is 2.84. The van der Waals surface area contributed by atoms with Gasteiger partial charge >= 0.3 is 0 Å². The summed E-state index contributed by atoms with van der Waals surface area (Å²) in [5, 5.41) is 4.31. The van der Waals surface area contributed by atoms with Crippen LogP contribution in [-0.4, -0.2) is 9.55 Å². The lowest BCUT2D eigenvalue weighted by molar-refractivity contribution is 0.542. The maximum atomic E-state index is 6.20. The number of benzene rings is 1. The lowest BCUT2D eigenvalue weighted by Gasteiger charge is -2.16. The van der Waals surface area contributed by atoms with Crippen molar-refractivity contribution >= 4 is 11.6 Å². The second-order valence-corrected chi connectivity index (χ2v) is 5.11. The molecule has 0 bridgehead atoms. The fourth-order valence-electron chi connectivity index (χ4n) is 2.13. The molecule has 0 aliphatic rings. The summed E-state index contributed by atoms with van der Waals surface area (Å²) >= 11 is 6.20. The van der Waals surface area contributed by atoms with Gasteiger partial charge in [0.2, 0.25) is 0 Å². The molecular formula is C15H20ClN3. The van der Waals surface area contributed by atoms with Gasteiger partial charge in [0.05, 0.1) is 12.0 Å². The van der Waals surface area contributed by atoms with Gasteiger partial charge in [-0.3, -0.25) is 0 Å². The Balaban J connectivity index is 1.98. The van der Waals surface area contributed by atoms with Crippen molar-refractivity contribution in [1.82, 2.24) is 14.9 Å². The predicted molar refractivity (Wildman–Crippen MR) is 79.2 cm³/mol. The van der Waals surface area contributed by atoms with Gasteiger partial charge in [0, 0.05) is 30.4 Å². The van der Waals surface area contributed by atoms with Crippen LogP contribution in [0.25, 0.3) is 0 Å². The molecule has 3 nitrogen and oxygen atoms in total. The minimum atomic E-state index is 0.221. The van der Waals surface area contributed by atoms with Gasteiger partial charge in [-0.1, -0.05) is 36.7 Å². The number of hydrogen-bond acceptors (Lipinski definition) is 2. The van der Waals surface area contributed by atoms with Crippen LogP contribution in [-0.2, 0) is 13.1 Å². The second-order valence-electron chi connectivity index (χ2n) is 4.70. The summed E-state index contributed by atoms with van der Waals surface area (Å²) in [5.41, 5.74) is 2.34. The van der Waals surface area contributed by atoms with Crippen LogP contribution in [0.4, 0.5) is 0 Å². The molecule has 19 heavy (non-hydrogen) atoms. The van der Waals surface area contributed by atoms with Crippen LogP contribution in [0, 0.1) is 0 Å². The van der Waals surface area contributed by atoms with Crippen LogP contribution in [0.3, 0.4) is 0 Å². The molecular weight excluding hydrogens is 258 g/mol. The van der Waals surface area contributed by atoms with E-state index in [1.54, 1.807) is 0 Å². The maximum Gasteiger partial charge on any atom is 0.0948 e. The summed E-state index contributed by atoms with van der Waals surface area (Å²) in [6.07, 6.45) is 4.92. The summed E-state index contributed by atoms with van der Waals surface area (Å²) in [6, 6.07) is 8.17. The van der Waals surface area contributed by atoms with Crippen molar-refractivity contribution in [2.75, 3.05) is 0 Å². The topological polar surface area (TPSA) is 29.9 Å². The van der Waals surface area contributed by atoms with E-state index >= 15 is 0 Å². The predicted octanol–water partition coefficient (Wildman–Crippen LogP) is 3.80. The van der Waals surface area contributed by atoms with E-state index in [0.29, 0.717) is 0 Å². The average molecular weight is 278 g/mol. The summed E-state index contributed by atoms with van der Waals surface area (Å²) in [4.78, 5) is 4.21. The number of hydrogen-bond donors (Lipinski definition) is 1. The fourth-order valence-corrected chi connectivity index (χ4v) is 2.43. The minimum Gasteiger partial charge on any atom is -0.333 e. The third-order valence-corrected chi connectivity index (χ3v) is 3.57. The molecule has 1 atom stereocenters. The molecule has 0 spiro atoms. The van der Waals surface area contributed by atoms with Crippen molar-refractivity contribution in [2.45, 2.75) is 39.4 Å². The van der Waals surface area contributed by atoms with Crippen LogP contribution in [0.1, 0.15) is 37.6 Å². The molecule has 0 aliphatic carbocycles. The number of nitrogens with one attached hydrogen (secondary N) is 1. The molecule has 1 aromatic carbocycles. The van der Waals surface area contributed by atoms with Crippen LogP contribution < -0.4 is 5.32 Å². The molecule has 4 heteroatoms. The first kappa shape index (κ1) is 14.1. The SMILES string of the molecule is CCCn1cncc1CN[C@@H](C)c1ccccc1Cl. The lowest BCUT2D eigenvalue weighted by Crippen LogP contribution is -2.20. The fraction of sp³-hybridized carbons (Fsp3) is 0.400. The van der Waals surface area contributed by atoms with Gasteiger partial charge in [-0.15, -0.1) is 0 Å². The van der Waals surface area contributed by atoms with E-state index in [1.165, 1.54) is 5.69 Å². The second kappa shape index (κ2) is 6.73. The zero-order chi connectivity index (χ0) is 13.7. The third-order valence-electron chi connectivity index (χ3n) is 3.22. The first-order valence-corrected chi connectivity index (χ1v) is 7.07. The van der Waals surface area contributed by atoms with Gasteiger partial charge in [0.15, 0.2) is 0 Å². The zero-order valence-electron chi connectivity index (χ0n) is 11.4. The zero-order valence-corrected chi connectivity index (χ0v) is 12.2. The van der Waals surface area contributed by atoms with E-state index in [-0.39, 0.29) is 6.04 Å². The van der Waals surface area contributed by atoms with Crippen LogP contribution >= 0.6 is 11.6 Å². The van der Waals surface area contributed by atoms with E-state index in [2.05, 4.69) is 34.8 Å². The Labute approximate surface area is 119 Å². The van der Waals surface area contributed by atoms with Crippen molar-refractivity contribution < 1.29 is 0 Å². The Bertz CT molecular complexity index is 522. The Morgan fingerprint density at radius 2 is 2.16 bits per heavy atom. The van der Waals surface area contributed by atoms with E-state index in [0.717, 1.165) is 30.1 Å². The largest absolute Gasteiger partial charge is 0.333 e. The molecule has 0 saturated heterocycles. The smallest absolute Gasteiger partial charge is 0.0948 e. The highest BCUT2D eigenvalue weighted by Gasteiger charge is 2.09. The summed E-state index contributed by atoms with van der Waals surface area (Å²) < 4.78 is 2.19. The minimum absolute atomic E-state index is 0.221. The highest BCUT2D eigenvalue weighted by Crippen LogP contribution is 2.22. The molecule has 0 aliphatic heterocycles. The Kier molecular flexibility index (Phi) is 5.00. The lowest BCUT2D eigenvalue weighted by atomic mass is 10.1. The summed E-state index contributed by atoms with van der Waals surface area (Å²) in [5.74, 6) is 0. The van der Waals surface area contributed by atoms with E-state index < -0.39 is 0 Å². The quantitative estimate of drug-likeness (QED) is 0.870. The normalized spacial score (nSPS) is 12.6. The number of aromatic nitrogens is 2. The molecule has 0 radical (unpaired) electrons. The highest BCUT2D eigenvalue weighted by atomic mass is 35.5. The van der Waals surface area contributed by atoms with Crippen molar-refractivity contribution in [3.8, 4) is 0 Å². The van der Waals surface area contributed by atoms with Crippen molar-refractivity contribution in [2.24, 2.45) is 0 Å². The van der Waals surface area contributed by atoms with Crippen LogP contribution in [0.2, 0.25) is 5.02 Å². The van der Waals surface area contributed by atoms with Crippen LogP contribution in [0.15, 0.2) is 36.8 Å². The number of halogens is 1. The van der Waals surface area contributed by atoms with Gasteiger partial charge in [-0.05, 0) is 25.0 Å². The molecule has 1 aromatic heterocycles. The number of imidazole rings is 1. The molecule has 0 unspecified atom stereocenters. The number of nitrogens with zero attached hydrogens (tertiary/aromatic N) is 2. The number of aryl methyl sites for hydroxylation is 1. The van der Waals surface area contributed by atoms with Crippen molar-refractivity contribution in [1.29, 1.82) is 0 Å². The number of rotatable bonds is 6. The monoisotopic (exact) mass is 277 g/mol. The Hall–Kier alpha value is -1.32. The standard InChI is InChI=1S/C15H20ClN3/c1-3-8-19-11-17-9-13(19)10-18-12(2)14-6-4-5-7-15(14)16/h4-7,9,11-12,18H,3,8,10H2,1-2H3/t12-/m0/s1. The molecule has 0 amide bonds.